The molecule has 0 saturated carbocycles. The Bertz CT molecular complexity index is 891. The number of hydrogen-bond donors (Lipinski definition) is 3. The summed E-state index contributed by atoms with van der Waals surface area (Å²) in [5.41, 5.74) is 2.75. The Labute approximate surface area is 142 Å². The van der Waals surface area contributed by atoms with Gasteiger partial charge in [-0.1, -0.05) is 30.3 Å². The van der Waals surface area contributed by atoms with Gasteiger partial charge in [-0.2, -0.15) is 5.10 Å². The zero-order valence-corrected chi connectivity index (χ0v) is 13.5. The number of carbonyl (C=O) groups excluding carboxylic acids is 1. The number of carboxylic acid groups (broad SMARTS) is 1. The van der Waals surface area contributed by atoms with Gasteiger partial charge in [0, 0.05) is 16.8 Å². The Balaban J connectivity index is 1.71. The van der Waals surface area contributed by atoms with Gasteiger partial charge in [-0.3, -0.25) is 14.7 Å². The number of aromatic nitrogens is 2. The first-order valence-corrected chi connectivity index (χ1v) is 8.42. The number of thioether (sulfide) groups is 1. The van der Waals surface area contributed by atoms with E-state index in [0.717, 1.165) is 16.5 Å². The van der Waals surface area contributed by atoms with E-state index in [0.29, 0.717) is 17.1 Å². The molecule has 0 bridgehead atoms. The molecule has 1 heterocycles. The molecular weight excluding hydrogens is 326 g/mol. The van der Waals surface area contributed by atoms with E-state index >= 15 is 0 Å². The highest BCUT2D eigenvalue weighted by atomic mass is 32.2. The van der Waals surface area contributed by atoms with Crippen molar-refractivity contribution in [1.29, 1.82) is 0 Å². The fraction of sp³-hybridized carbons (Fsp3) is 0.118. The van der Waals surface area contributed by atoms with Gasteiger partial charge in [0.15, 0.2) is 5.69 Å². The third kappa shape index (κ3) is 3.75. The van der Waals surface area contributed by atoms with Crippen molar-refractivity contribution in [1.82, 2.24) is 10.2 Å². The molecule has 0 aliphatic carbocycles. The zero-order chi connectivity index (χ0) is 16.9. The Morgan fingerprint density at radius 3 is 2.83 bits per heavy atom. The number of rotatable bonds is 6. The molecule has 3 aromatic rings. The van der Waals surface area contributed by atoms with Gasteiger partial charge in [-0.25, -0.2) is 0 Å². The molecule has 24 heavy (non-hydrogen) atoms. The van der Waals surface area contributed by atoms with Crippen LogP contribution < -0.4 is 5.32 Å². The average Bonchev–Trinajstić information content (AvgIpc) is 2.99. The van der Waals surface area contributed by atoms with E-state index < -0.39 is 5.97 Å². The molecule has 0 aliphatic heterocycles. The number of amides is 1. The number of carbonyl (C=O) groups is 2. The Hall–Kier alpha value is -2.80. The SMILES string of the molecule is O=C(O)CSCc1cccc(NC(=O)c2n[nH]c3ccccc23)c1. The second kappa shape index (κ2) is 7.18. The number of aliphatic carboxylic acids is 1. The third-order valence-electron chi connectivity index (χ3n) is 3.36. The fourth-order valence-electron chi connectivity index (χ4n) is 2.32. The van der Waals surface area contributed by atoms with Crippen molar-refractivity contribution in [2.75, 3.05) is 11.1 Å². The van der Waals surface area contributed by atoms with Crippen LogP contribution in [0.15, 0.2) is 48.5 Å². The molecular formula is C17H15N3O3S. The number of nitrogens with zero attached hydrogens (tertiary/aromatic N) is 1. The number of carboxylic acids is 1. The van der Waals surface area contributed by atoms with Crippen LogP contribution in [0.5, 0.6) is 0 Å². The molecule has 0 aliphatic rings. The van der Waals surface area contributed by atoms with Crippen molar-refractivity contribution in [2.24, 2.45) is 0 Å². The predicted octanol–water partition coefficient (Wildman–Crippen LogP) is 3.13. The molecule has 0 fully saturated rings. The maximum absolute atomic E-state index is 12.4. The van der Waals surface area contributed by atoms with E-state index in [-0.39, 0.29) is 11.7 Å². The first kappa shape index (κ1) is 16.1. The molecule has 6 nitrogen and oxygen atoms in total. The van der Waals surface area contributed by atoms with Crippen LogP contribution in [0, 0.1) is 0 Å². The van der Waals surface area contributed by atoms with Crippen molar-refractivity contribution in [3.63, 3.8) is 0 Å². The van der Waals surface area contributed by atoms with E-state index in [1.54, 1.807) is 6.07 Å². The minimum Gasteiger partial charge on any atom is -0.481 e. The molecule has 3 rings (SSSR count). The van der Waals surface area contributed by atoms with Crippen LogP contribution in [0.4, 0.5) is 5.69 Å². The van der Waals surface area contributed by atoms with Gasteiger partial charge in [-0.05, 0) is 23.8 Å². The van der Waals surface area contributed by atoms with E-state index in [2.05, 4.69) is 15.5 Å². The second-order valence-electron chi connectivity index (χ2n) is 5.16. The summed E-state index contributed by atoms with van der Waals surface area (Å²) in [6.07, 6.45) is 0. The number of para-hydroxylation sites is 1. The van der Waals surface area contributed by atoms with Crippen molar-refractivity contribution >= 4 is 40.2 Å². The summed E-state index contributed by atoms with van der Waals surface area (Å²) < 4.78 is 0. The molecule has 0 spiro atoms. The quantitative estimate of drug-likeness (QED) is 0.640. The minimum atomic E-state index is -0.838. The van der Waals surface area contributed by atoms with Gasteiger partial charge in [-0.15, -0.1) is 11.8 Å². The van der Waals surface area contributed by atoms with Gasteiger partial charge in [0.05, 0.1) is 11.3 Å². The van der Waals surface area contributed by atoms with Gasteiger partial charge in [0.1, 0.15) is 0 Å². The number of hydrogen-bond acceptors (Lipinski definition) is 4. The lowest BCUT2D eigenvalue weighted by Gasteiger charge is -2.06. The van der Waals surface area contributed by atoms with Crippen LogP contribution in [0.1, 0.15) is 16.1 Å². The predicted molar refractivity (Wildman–Crippen MR) is 94.3 cm³/mol. The van der Waals surface area contributed by atoms with Crippen LogP contribution in [0.25, 0.3) is 10.9 Å². The monoisotopic (exact) mass is 341 g/mol. The summed E-state index contributed by atoms with van der Waals surface area (Å²) in [5.74, 6) is -0.505. The minimum absolute atomic E-state index is 0.0514. The molecule has 122 valence electrons. The molecule has 7 heteroatoms. The van der Waals surface area contributed by atoms with Gasteiger partial charge < -0.3 is 10.4 Å². The second-order valence-corrected chi connectivity index (χ2v) is 6.14. The highest BCUT2D eigenvalue weighted by Gasteiger charge is 2.14. The molecule has 2 aromatic carbocycles. The Kier molecular flexibility index (Phi) is 4.81. The van der Waals surface area contributed by atoms with E-state index in [9.17, 15) is 9.59 Å². The fourth-order valence-corrected chi connectivity index (χ4v) is 3.01. The number of fused-ring (bicyclic) bond motifs is 1. The largest absolute Gasteiger partial charge is 0.481 e. The highest BCUT2D eigenvalue weighted by Crippen LogP contribution is 2.19. The van der Waals surface area contributed by atoms with Crippen molar-refractivity contribution < 1.29 is 14.7 Å². The first-order valence-electron chi connectivity index (χ1n) is 7.26. The average molecular weight is 341 g/mol. The molecule has 3 N–H and O–H groups in total. The lowest BCUT2D eigenvalue weighted by Crippen LogP contribution is -2.12. The number of H-pyrrole nitrogens is 1. The van der Waals surface area contributed by atoms with Gasteiger partial charge in [0.25, 0.3) is 5.91 Å². The van der Waals surface area contributed by atoms with Crippen molar-refractivity contribution in [3.05, 3.63) is 59.8 Å². The molecule has 0 saturated heterocycles. The molecule has 0 radical (unpaired) electrons. The summed E-state index contributed by atoms with van der Waals surface area (Å²) in [6.45, 7) is 0. The van der Waals surface area contributed by atoms with Crippen LogP contribution >= 0.6 is 11.8 Å². The lowest BCUT2D eigenvalue weighted by molar-refractivity contribution is -0.133. The first-order chi connectivity index (χ1) is 11.6. The van der Waals surface area contributed by atoms with E-state index in [1.165, 1.54) is 11.8 Å². The standard InChI is InChI=1S/C17H15N3O3S/c21-15(22)10-24-9-11-4-3-5-12(8-11)18-17(23)16-13-6-1-2-7-14(13)19-20-16/h1-8H,9-10H2,(H,18,23)(H,19,20)(H,21,22). The van der Waals surface area contributed by atoms with Crippen LogP contribution in [-0.4, -0.2) is 32.9 Å². The topological polar surface area (TPSA) is 95.1 Å². The third-order valence-corrected chi connectivity index (χ3v) is 4.35. The normalized spacial score (nSPS) is 10.7. The smallest absolute Gasteiger partial charge is 0.313 e. The van der Waals surface area contributed by atoms with Gasteiger partial charge >= 0.3 is 5.97 Å². The summed E-state index contributed by atoms with van der Waals surface area (Å²) in [4.78, 5) is 23.0. The van der Waals surface area contributed by atoms with Gasteiger partial charge in [0.2, 0.25) is 0 Å². The summed E-state index contributed by atoms with van der Waals surface area (Å²) in [5, 5.41) is 19.2. The van der Waals surface area contributed by atoms with Crippen LogP contribution in [-0.2, 0) is 10.5 Å². The summed E-state index contributed by atoms with van der Waals surface area (Å²) in [7, 11) is 0. The molecule has 1 amide bonds. The highest BCUT2D eigenvalue weighted by molar-refractivity contribution is 7.99. The zero-order valence-electron chi connectivity index (χ0n) is 12.7. The van der Waals surface area contributed by atoms with E-state index in [4.69, 9.17) is 5.11 Å². The number of nitrogens with one attached hydrogen (secondary N) is 2. The summed E-state index contributed by atoms with van der Waals surface area (Å²) in [6, 6.07) is 14.8. The van der Waals surface area contributed by atoms with Crippen LogP contribution in [0.3, 0.4) is 0 Å². The van der Waals surface area contributed by atoms with Crippen LogP contribution in [0.2, 0.25) is 0 Å². The maximum atomic E-state index is 12.4. The number of benzene rings is 2. The molecule has 1 aromatic heterocycles. The summed E-state index contributed by atoms with van der Waals surface area (Å²) >= 11 is 1.31. The lowest BCUT2D eigenvalue weighted by atomic mass is 10.2. The maximum Gasteiger partial charge on any atom is 0.313 e. The molecule has 0 atom stereocenters. The van der Waals surface area contributed by atoms with E-state index in [1.807, 2.05) is 42.5 Å². The number of anilines is 1. The molecule has 0 unspecified atom stereocenters. The van der Waals surface area contributed by atoms with Crippen molar-refractivity contribution in [3.8, 4) is 0 Å². The Morgan fingerprint density at radius 2 is 2.00 bits per heavy atom. The van der Waals surface area contributed by atoms with Crippen molar-refractivity contribution in [2.45, 2.75) is 5.75 Å². The Morgan fingerprint density at radius 1 is 1.17 bits per heavy atom. The number of aromatic amines is 1.